The third-order valence-electron chi connectivity index (χ3n) is 4.49. The lowest BCUT2D eigenvalue weighted by Gasteiger charge is -2.33. The van der Waals surface area contributed by atoms with Crippen LogP contribution in [0, 0.1) is 5.92 Å². The molecule has 2 saturated heterocycles. The molecule has 2 fully saturated rings. The second-order valence-electron chi connectivity index (χ2n) is 5.81. The van der Waals surface area contributed by atoms with E-state index in [-0.39, 0.29) is 29.5 Å². The minimum Gasteiger partial charge on any atom is -0.340 e. The van der Waals surface area contributed by atoms with E-state index in [0.29, 0.717) is 12.3 Å². The molecule has 5 nitrogen and oxygen atoms in total. The first-order chi connectivity index (χ1) is 8.93. The molecule has 1 N–H and O–H groups in total. The van der Waals surface area contributed by atoms with Crippen molar-refractivity contribution in [2.45, 2.75) is 44.7 Å². The van der Waals surface area contributed by atoms with Crippen LogP contribution in [-0.2, 0) is 14.6 Å². The number of nitrogens with zero attached hydrogens (tertiary/aromatic N) is 1. The van der Waals surface area contributed by atoms with E-state index in [1.165, 1.54) is 0 Å². The van der Waals surface area contributed by atoms with Crippen LogP contribution in [0.4, 0.5) is 0 Å². The summed E-state index contributed by atoms with van der Waals surface area (Å²) in [5.41, 5.74) is 0. The van der Waals surface area contributed by atoms with Crippen LogP contribution in [0.5, 0.6) is 0 Å². The van der Waals surface area contributed by atoms with E-state index in [1.807, 2.05) is 0 Å². The highest BCUT2D eigenvalue weighted by Gasteiger charge is 2.36. The van der Waals surface area contributed by atoms with Gasteiger partial charge in [0.1, 0.15) is 0 Å². The fourth-order valence-electron chi connectivity index (χ4n) is 3.06. The van der Waals surface area contributed by atoms with Crippen molar-refractivity contribution in [3.05, 3.63) is 0 Å². The minimum absolute atomic E-state index is 0.0558. The summed E-state index contributed by atoms with van der Waals surface area (Å²) in [6.07, 6.45) is 3.68. The number of carbonyl (C=O) groups excluding carboxylic acids is 1. The molecule has 19 heavy (non-hydrogen) atoms. The number of sulfone groups is 1. The molecule has 2 aliphatic rings. The second-order valence-corrected chi connectivity index (χ2v) is 8.04. The molecule has 6 heteroatoms. The SMILES string of the molecule is CCC1CCNC(C(=O)N(C)C2CCS(=O)(=O)C2)C1. The van der Waals surface area contributed by atoms with Gasteiger partial charge in [-0.25, -0.2) is 8.42 Å². The molecule has 3 atom stereocenters. The fraction of sp³-hybridized carbons (Fsp3) is 0.923. The number of piperidine rings is 1. The molecule has 0 radical (unpaired) electrons. The molecule has 2 aliphatic heterocycles. The molecule has 1 amide bonds. The zero-order valence-electron chi connectivity index (χ0n) is 11.8. The van der Waals surface area contributed by atoms with Gasteiger partial charge in [-0.3, -0.25) is 4.79 Å². The maximum absolute atomic E-state index is 12.4. The quantitative estimate of drug-likeness (QED) is 0.817. The summed E-state index contributed by atoms with van der Waals surface area (Å²) in [5.74, 6) is 1.00. The summed E-state index contributed by atoms with van der Waals surface area (Å²) in [5, 5.41) is 3.27. The average Bonchev–Trinajstić information content (AvgIpc) is 2.77. The van der Waals surface area contributed by atoms with Crippen LogP contribution in [0.2, 0.25) is 0 Å². The number of hydrogen-bond donors (Lipinski definition) is 1. The van der Waals surface area contributed by atoms with Crippen LogP contribution in [0.1, 0.15) is 32.6 Å². The van der Waals surface area contributed by atoms with E-state index in [4.69, 9.17) is 0 Å². The van der Waals surface area contributed by atoms with Gasteiger partial charge in [0.05, 0.1) is 17.5 Å². The molecule has 2 heterocycles. The Hall–Kier alpha value is -0.620. The molecule has 0 aliphatic carbocycles. The summed E-state index contributed by atoms with van der Waals surface area (Å²) < 4.78 is 23.0. The largest absolute Gasteiger partial charge is 0.340 e. The minimum atomic E-state index is -2.93. The van der Waals surface area contributed by atoms with Crippen molar-refractivity contribution >= 4 is 15.7 Å². The number of carbonyl (C=O) groups is 1. The molecular weight excluding hydrogens is 264 g/mol. The van der Waals surface area contributed by atoms with Gasteiger partial charge >= 0.3 is 0 Å². The maximum Gasteiger partial charge on any atom is 0.239 e. The molecule has 2 rings (SSSR count). The van der Waals surface area contributed by atoms with Crippen molar-refractivity contribution in [2.24, 2.45) is 5.92 Å². The molecule has 3 unspecified atom stereocenters. The van der Waals surface area contributed by atoms with Crippen molar-refractivity contribution in [1.29, 1.82) is 0 Å². The van der Waals surface area contributed by atoms with Crippen LogP contribution in [0.25, 0.3) is 0 Å². The summed E-state index contributed by atoms with van der Waals surface area (Å²) in [6, 6.07) is -0.270. The van der Waals surface area contributed by atoms with Crippen molar-refractivity contribution in [1.82, 2.24) is 10.2 Å². The Bertz CT molecular complexity index is 435. The van der Waals surface area contributed by atoms with Crippen LogP contribution < -0.4 is 5.32 Å². The van der Waals surface area contributed by atoms with Crippen molar-refractivity contribution in [3.8, 4) is 0 Å². The summed E-state index contributed by atoms with van der Waals surface area (Å²) in [7, 11) is -1.19. The van der Waals surface area contributed by atoms with Crippen LogP contribution in [0.3, 0.4) is 0 Å². The van der Waals surface area contributed by atoms with E-state index >= 15 is 0 Å². The molecule has 110 valence electrons. The average molecular weight is 288 g/mol. The van der Waals surface area contributed by atoms with Gasteiger partial charge in [-0.2, -0.15) is 0 Å². The van der Waals surface area contributed by atoms with Crippen molar-refractivity contribution in [3.63, 3.8) is 0 Å². The zero-order chi connectivity index (χ0) is 14.0. The van der Waals surface area contributed by atoms with Crippen molar-refractivity contribution in [2.75, 3.05) is 25.1 Å². The van der Waals surface area contributed by atoms with Gasteiger partial charge in [0.15, 0.2) is 9.84 Å². The lowest BCUT2D eigenvalue weighted by molar-refractivity contribution is -0.134. The highest BCUT2D eigenvalue weighted by molar-refractivity contribution is 7.91. The smallest absolute Gasteiger partial charge is 0.239 e. The monoisotopic (exact) mass is 288 g/mol. The number of rotatable bonds is 3. The summed E-state index contributed by atoms with van der Waals surface area (Å²) >= 11 is 0. The lowest BCUT2D eigenvalue weighted by atomic mass is 9.90. The van der Waals surface area contributed by atoms with E-state index in [2.05, 4.69) is 12.2 Å². The van der Waals surface area contributed by atoms with E-state index < -0.39 is 9.84 Å². The topological polar surface area (TPSA) is 66.5 Å². The summed E-state index contributed by atoms with van der Waals surface area (Å²) in [6.45, 7) is 3.04. The number of nitrogens with one attached hydrogen (secondary N) is 1. The molecule has 0 aromatic heterocycles. The van der Waals surface area contributed by atoms with Gasteiger partial charge in [-0.15, -0.1) is 0 Å². The predicted molar refractivity (Wildman–Crippen MR) is 74.6 cm³/mol. The Labute approximate surface area is 115 Å². The molecule has 0 bridgehead atoms. The van der Waals surface area contributed by atoms with E-state index in [9.17, 15) is 13.2 Å². The standard InChI is InChI=1S/C13H24N2O3S/c1-3-10-4-6-14-12(8-10)13(16)15(2)11-5-7-19(17,18)9-11/h10-12,14H,3-9H2,1-2H3. The summed E-state index contributed by atoms with van der Waals surface area (Å²) in [4.78, 5) is 14.1. The lowest BCUT2D eigenvalue weighted by Crippen LogP contribution is -2.52. The van der Waals surface area contributed by atoms with Gasteiger partial charge in [0.25, 0.3) is 0 Å². The van der Waals surface area contributed by atoms with Gasteiger partial charge in [0, 0.05) is 13.1 Å². The number of likely N-dealkylation sites (N-methyl/N-ethyl adjacent to an activating group) is 1. The third kappa shape index (κ3) is 3.48. The Morgan fingerprint density at radius 3 is 2.68 bits per heavy atom. The normalized spacial score (nSPS) is 34.1. The van der Waals surface area contributed by atoms with Crippen LogP contribution in [-0.4, -0.2) is 56.4 Å². The van der Waals surface area contributed by atoms with Gasteiger partial charge in [0.2, 0.25) is 5.91 Å². The number of hydrogen-bond acceptors (Lipinski definition) is 4. The molecular formula is C13H24N2O3S. The molecule has 0 aromatic rings. The highest BCUT2D eigenvalue weighted by atomic mass is 32.2. The Morgan fingerprint density at radius 1 is 1.37 bits per heavy atom. The Morgan fingerprint density at radius 2 is 2.11 bits per heavy atom. The first kappa shape index (κ1) is 14.8. The van der Waals surface area contributed by atoms with Crippen molar-refractivity contribution < 1.29 is 13.2 Å². The van der Waals surface area contributed by atoms with Crippen LogP contribution in [0.15, 0.2) is 0 Å². The first-order valence-corrected chi connectivity index (χ1v) is 8.95. The zero-order valence-corrected chi connectivity index (χ0v) is 12.6. The Kier molecular flexibility index (Phi) is 4.50. The maximum atomic E-state index is 12.4. The molecule has 0 saturated carbocycles. The van der Waals surface area contributed by atoms with Gasteiger partial charge in [-0.05, 0) is 31.7 Å². The molecule has 0 aromatic carbocycles. The van der Waals surface area contributed by atoms with Gasteiger partial charge < -0.3 is 10.2 Å². The second kappa shape index (κ2) is 5.79. The predicted octanol–water partition coefficient (Wildman–Crippen LogP) is 0.410. The highest BCUT2D eigenvalue weighted by Crippen LogP contribution is 2.22. The first-order valence-electron chi connectivity index (χ1n) is 7.13. The van der Waals surface area contributed by atoms with E-state index in [1.54, 1.807) is 11.9 Å². The van der Waals surface area contributed by atoms with Crippen LogP contribution >= 0.6 is 0 Å². The number of amides is 1. The fourth-order valence-corrected chi connectivity index (χ4v) is 4.84. The Balaban J connectivity index is 1.95. The van der Waals surface area contributed by atoms with Gasteiger partial charge in [-0.1, -0.05) is 13.3 Å². The third-order valence-corrected chi connectivity index (χ3v) is 6.24. The van der Waals surface area contributed by atoms with E-state index in [0.717, 1.165) is 25.8 Å². The molecule has 0 spiro atoms.